The van der Waals surface area contributed by atoms with Crippen molar-refractivity contribution in [2.24, 2.45) is 0 Å². The predicted octanol–water partition coefficient (Wildman–Crippen LogP) is 4.66. The summed E-state index contributed by atoms with van der Waals surface area (Å²) < 4.78 is 43.9. The van der Waals surface area contributed by atoms with Crippen LogP contribution in [0.2, 0.25) is 0 Å². The third-order valence-electron chi connectivity index (χ3n) is 4.50. The fourth-order valence-electron chi connectivity index (χ4n) is 2.84. The van der Waals surface area contributed by atoms with Crippen LogP contribution in [0, 0.1) is 0 Å². The third-order valence-corrected chi connectivity index (χ3v) is 4.50. The van der Waals surface area contributed by atoms with Gasteiger partial charge in [0.2, 0.25) is 0 Å². The number of hydrogen-bond acceptors (Lipinski definition) is 5. The van der Waals surface area contributed by atoms with Crippen molar-refractivity contribution in [2.75, 3.05) is 19.0 Å². The zero-order valence-corrected chi connectivity index (χ0v) is 17.1. The molecule has 6 nitrogen and oxygen atoms in total. The second kappa shape index (κ2) is 9.95. The highest BCUT2D eigenvalue weighted by molar-refractivity contribution is 5.96. The van der Waals surface area contributed by atoms with E-state index in [1.165, 1.54) is 35.4 Å². The van der Waals surface area contributed by atoms with E-state index in [0.29, 0.717) is 6.54 Å². The van der Waals surface area contributed by atoms with Crippen molar-refractivity contribution < 1.29 is 27.5 Å². The molecule has 0 aliphatic rings. The van der Waals surface area contributed by atoms with Gasteiger partial charge in [0.15, 0.2) is 6.61 Å². The Morgan fingerprint density at radius 2 is 1.78 bits per heavy atom. The number of amides is 1. The molecule has 1 N–H and O–H groups in total. The molecule has 0 aliphatic heterocycles. The van der Waals surface area contributed by atoms with Gasteiger partial charge in [-0.15, -0.1) is 0 Å². The maximum Gasteiger partial charge on any atom is 0.416 e. The van der Waals surface area contributed by atoms with Crippen molar-refractivity contribution in [2.45, 2.75) is 12.7 Å². The summed E-state index contributed by atoms with van der Waals surface area (Å²) in [5.74, 6) is -1.21. The number of alkyl halides is 3. The highest BCUT2D eigenvalue weighted by Gasteiger charge is 2.30. The van der Waals surface area contributed by atoms with Crippen LogP contribution in [0.1, 0.15) is 21.5 Å². The maximum absolute atomic E-state index is 12.9. The normalized spacial score (nSPS) is 11.0. The first-order valence-electron chi connectivity index (χ1n) is 9.58. The minimum absolute atomic E-state index is 0.0107. The number of rotatable bonds is 7. The largest absolute Gasteiger partial charge is 0.452 e. The van der Waals surface area contributed by atoms with Crippen LogP contribution in [0.25, 0.3) is 0 Å². The SMILES string of the molecule is CN(Cc1ccccc1)C(=O)COC(=O)c1cccnc1Nc1cccc(C(F)(F)F)c1. The monoisotopic (exact) mass is 443 g/mol. The van der Waals surface area contributed by atoms with Gasteiger partial charge in [-0.3, -0.25) is 4.79 Å². The molecule has 3 rings (SSSR count). The molecule has 166 valence electrons. The number of likely N-dealkylation sites (N-methyl/N-ethyl adjacent to an activating group) is 1. The molecule has 1 amide bonds. The second-order valence-corrected chi connectivity index (χ2v) is 6.91. The van der Waals surface area contributed by atoms with Crippen molar-refractivity contribution in [3.63, 3.8) is 0 Å². The summed E-state index contributed by atoms with van der Waals surface area (Å²) >= 11 is 0. The van der Waals surface area contributed by atoms with E-state index >= 15 is 0 Å². The summed E-state index contributed by atoms with van der Waals surface area (Å²) in [7, 11) is 1.59. The summed E-state index contributed by atoms with van der Waals surface area (Å²) in [6.45, 7) is -0.132. The van der Waals surface area contributed by atoms with E-state index < -0.39 is 30.2 Å². The van der Waals surface area contributed by atoms with Crippen LogP contribution in [0.4, 0.5) is 24.7 Å². The van der Waals surface area contributed by atoms with Gasteiger partial charge in [-0.05, 0) is 35.9 Å². The van der Waals surface area contributed by atoms with E-state index in [0.717, 1.165) is 17.7 Å². The van der Waals surface area contributed by atoms with Crippen LogP contribution in [0.5, 0.6) is 0 Å². The van der Waals surface area contributed by atoms with E-state index in [-0.39, 0.29) is 17.1 Å². The number of aromatic nitrogens is 1. The zero-order chi connectivity index (χ0) is 23.1. The number of carbonyl (C=O) groups excluding carboxylic acids is 2. The second-order valence-electron chi connectivity index (χ2n) is 6.91. The van der Waals surface area contributed by atoms with Gasteiger partial charge < -0.3 is 15.0 Å². The fraction of sp³-hybridized carbons (Fsp3) is 0.174. The Morgan fingerprint density at radius 3 is 2.50 bits per heavy atom. The van der Waals surface area contributed by atoms with E-state index in [1.54, 1.807) is 7.05 Å². The van der Waals surface area contributed by atoms with E-state index in [4.69, 9.17) is 4.74 Å². The first-order chi connectivity index (χ1) is 15.2. The van der Waals surface area contributed by atoms with Crippen molar-refractivity contribution in [3.05, 3.63) is 89.6 Å². The molecule has 0 saturated heterocycles. The standard InChI is InChI=1S/C23H20F3N3O3/c1-29(14-16-7-3-2-4-8-16)20(30)15-32-22(31)19-11-6-12-27-21(19)28-18-10-5-9-17(13-18)23(24,25)26/h2-13H,14-15H2,1H3,(H,27,28). The van der Waals surface area contributed by atoms with Crippen LogP contribution in [-0.4, -0.2) is 35.4 Å². The molecule has 0 fully saturated rings. The van der Waals surface area contributed by atoms with Crippen LogP contribution < -0.4 is 5.32 Å². The molecule has 0 bridgehead atoms. The minimum atomic E-state index is -4.50. The van der Waals surface area contributed by atoms with Crippen LogP contribution >= 0.6 is 0 Å². The maximum atomic E-state index is 12.9. The quantitative estimate of drug-likeness (QED) is 0.538. The molecule has 0 saturated carbocycles. The molecule has 3 aromatic rings. The summed E-state index contributed by atoms with van der Waals surface area (Å²) in [5.41, 5.74) is 0.179. The molecule has 0 atom stereocenters. The summed E-state index contributed by atoms with van der Waals surface area (Å²) in [6, 6.07) is 16.7. The molecule has 0 unspecified atom stereocenters. The third kappa shape index (κ3) is 6.07. The molecule has 1 aromatic heterocycles. The Labute approximate surface area is 182 Å². The Morgan fingerprint density at radius 1 is 1.03 bits per heavy atom. The van der Waals surface area contributed by atoms with Crippen molar-refractivity contribution in [1.82, 2.24) is 9.88 Å². The predicted molar refractivity (Wildman–Crippen MR) is 112 cm³/mol. The van der Waals surface area contributed by atoms with Gasteiger partial charge in [-0.2, -0.15) is 13.2 Å². The molecular weight excluding hydrogens is 423 g/mol. The topological polar surface area (TPSA) is 71.5 Å². The average molecular weight is 443 g/mol. The fourth-order valence-corrected chi connectivity index (χ4v) is 2.84. The molecule has 0 spiro atoms. The van der Waals surface area contributed by atoms with Gasteiger partial charge in [0.1, 0.15) is 11.4 Å². The molecule has 0 radical (unpaired) electrons. The molecule has 2 aromatic carbocycles. The first kappa shape index (κ1) is 22.8. The van der Waals surface area contributed by atoms with E-state index in [2.05, 4.69) is 10.3 Å². The lowest BCUT2D eigenvalue weighted by atomic mass is 10.2. The van der Waals surface area contributed by atoms with Crippen LogP contribution in [-0.2, 0) is 22.3 Å². The number of ether oxygens (including phenoxy) is 1. The van der Waals surface area contributed by atoms with Gasteiger partial charge in [0.25, 0.3) is 5.91 Å². The Hall–Kier alpha value is -3.88. The van der Waals surface area contributed by atoms with Gasteiger partial charge in [0, 0.05) is 25.5 Å². The molecule has 1 heterocycles. The number of hydrogen-bond donors (Lipinski definition) is 1. The van der Waals surface area contributed by atoms with Crippen LogP contribution in [0.3, 0.4) is 0 Å². The molecule has 0 aliphatic carbocycles. The van der Waals surface area contributed by atoms with Crippen LogP contribution in [0.15, 0.2) is 72.9 Å². The lowest BCUT2D eigenvalue weighted by molar-refractivity contribution is -0.137. The smallest absolute Gasteiger partial charge is 0.416 e. The Bertz CT molecular complexity index is 1090. The number of pyridine rings is 1. The average Bonchev–Trinajstić information content (AvgIpc) is 2.78. The van der Waals surface area contributed by atoms with Gasteiger partial charge in [-0.25, -0.2) is 9.78 Å². The lowest BCUT2D eigenvalue weighted by Crippen LogP contribution is -2.30. The summed E-state index contributed by atoms with van der Waals surface area (Å²) in [4.78, 5) is 30.3. The number of carbonyl (C=O) groups is 2. The summed E-state index contributed by atoms with van der Waals surface area (Å²) in [5, 5.41) is 2.70. The summed E-state index contributed by atoms with van der Waals surface area (Å²) in [6.07, 6.45) is -3.12. The number of benzene rings is 2. The highest BCUT2D eigenvalue weighted by atomic mass is 19.4. The van der Waals surface area contributed by atoms with E-state index in [9.17, 15) is 22.8 Å². The highest BCUT2D eigenvalue weighted by Crippen LogP contribution is 2.31. The number of halogens is 3. The number of nitrogens with one attached hydrogen (secondary N) is 1. The van der Waals surface area contributed by atoms with Gasteiger partial charge >= 0.3 is 12.1 Å². The molecular formula is C23H20F3N3O3. The Balaban J connectivity index is 1.65. The Kier molecular flexibility index (Phi) is 7.09. The minimum Gasteiger partial charge on any atom is -0.452 e. The molecule has 32 heavy (non-hydrogen) atoms. The number of esters is 1. The lowest BCUT2D eigenvalue weighted by Gasteiger charge is -2.17. The van der Waals surface area contributed by atoms with Crippen molar-refractivity contribution in [1.29, 1.82) is 0 Å². The molecule has 9 heteroatoms. The zero-order valence-electron chi connectivity index (χ0n) is 17.1. The number of nitrogens with zero attached hydrogens (tertiary/aromatic N) is 2. The van der Waals surface area contributed by atoms with Crippen molar-refractivity contribution in [3.8, 4) is 0 Å². The van der Waals surface area contributed by atoms with Crippen molar-refractivity contribution >= 4 is 23.4 Å². The van der Waals surface area contributed by atoms with Gasteiger partial charge in [0.05, 0.1) is 5.56 Å². The first-order valence-corrected chi connectivity index (χ1v) is 9.58. The van der Waals surface area contributed by atoms with Gasteiger partial charge in [-0.1, -0.05) is 36.4 Å². The number of anilines is 2. The van der Waals surface area contributed by atoms with E-state index in [1.807, 2.05) is 30.3 Å².